The van der Waals surface area contributed by atoms with E-state index in [4.69, 9.17) is 10.1 Å². The Morgan fingerprint density at radius 1 is 1.15 bits per heavy atom. The number of aromatic nitrogens is 1. The SMILES string of the molecule is C=Cc1c(Oc2cccc(C(=N)SC)c2)c(F)cc2c1ccn2S(=O)(=O)c1ccc(C)cc1. The standard InChI is InChI=1S/C25H21FN2O3S2/c1-4-20-21-12-13-28(33(29,30)19-10-8-16(2)9-11-19)23(21)15-22(26)24(20)31-18-7-5-6-17(14-18)25(27)32-3/h4-15,27H,1H2,2-3H3. The first-order chi connectivity index (χ1) is 15.8. The summed E-state index contributed by atoms with van der Waals surface area (Å²) in [5, 5.41) is 8.84. The summed E-state index contributed by atoms with van der Waals surface area (Å²) in [6.07, 6.45) is 4.64. The lowest BCUT2D eigenvalue weighted by atomic mass is 10.1. The molecule has 0 saturated heterocycles. The fourth-order valence-electron chi connectivity index (χ4n) is 3.51. The van der Waals surface area contributed by atoms with Crippen molar-refractivity contribution in [3.8, 4) is 11.5 Å². The summed E-state index contributed by atoms with van der Waals surface area (Å²) in [5.41, 5.74) is 2.11. The minimum absolute atomic E-state index is 0.0594. The molecule has 8 heteroatoms. The van der Waals surface area contributed by atoms with Crippen LogP contribution in [0, 0.1) is 18.2 Å². The number of fused-ring (bicyclic) bond motifs is 1. The molecule has 1 N–H and O–H groups in total. The molecule has 0 saturated carbocycles. The Bertz CT molecular complexity index is 1490. The van der Waals surface area contributed by atoms with E-state index in [-0.39, 0.29) is 16.2 Å². The molecule has 0 unspecified atom stereocenters. The molecule has 1 heterocycles. The zero-order valence-electron chi connectivity index (χ0n) is 18.0. The van der Waals surface area contributed by atoms with E-state index in [2.05, 4.69) is 6.58 Å². The van der Waals surface area contributed by atoms with E-state index in [0.29, 0.717) is 27.3 Å². The third-order valence-corrected chi connectivity index (χ3v) is 7.56. The highest BCUT2D eigenvalue weighted by Gasteiger charge is 2.23. The van der Waals surface area contributed by atoms with Crippen LogP contribution in [0.3, 0.4) is 0 Å². The topological polar surface area (TPSA) is 72.2 Å². The molecule has 0 amide bonds. The molecule has 0 aliphatic carbocycles. The monoisotopic (exact) mass is 480 g/mol. The van der Waals surface area contributed by atoms with Gasteiger partial charge in [-0.15, -0.1) is 11.8 Å². The molecule has 0 aliphatic heterocycles. The van der Waals surface area contributed by atoms with Gasteiger partial charge in [0.05, 0.1) is 15.5 Å². The first-order valence-corrected chi connectivity index (χ1v) is 12.6. The number of nitrogens with zero attached hydrogens (tertiary/aromatic N) is 1. The Morgan fingerprint density at radius 2 is 1.88 bits per heavy atom. The molecular weight excluding hydrogens is 459 g/mol. The lowest BCUT2D eigenvalue weighted by Gasteiger charge is -2.14. The molecule has 168 valence electrons. The van der Waals surface area contributed by atoms with Gasteiger partial charge in [0, 0.05) is 28.8 Å². The number of nitrogens with one attached hydrogen (secondary N) is 1. The number of halogens is 1. The summed E-state index contributed by atoms with van der Waals surface area (Å²) in [4.78, 5) is 0.111. The number of aryl methyl sites for hydroxylation is 1. The van der Waals surface area contributed by atoms with Crippen LogP contribution >= 0.6 is 11.8 Å². The molecule has 0 atom stereocenters. The lowest BCUT2D eigenvalue weighted by molar-refractivity contribution is 0.442. The average molecular weight is 481 g/mol. The van der Waals surface area contributed by atoms with Crippen molar-refractivity contribution in [2.24, 2.45) is 0 Å². The Balaban J connectivity index is 1.82. The molecular formula is C25H21FN2O3S2. The highest BCUT2D eigenvalue weighted by Crippen LogP contribution is 2.37. The van der Waals surface area contributed by atoms with E-state index >= 15 is 4.39 Å². The largest absolute Gasteiger partial charge is 0.454 e. The molecule has 5 nitrogen and oxygen atoms in total. The van der Waals surface area contributed by atoms with Crippen LogP contribution in [0.4, 0.5) is 4.39 Å². The normalized spacial score (nSPS) is 11.5. The molecule has 3 aromatic carbocycles. The second-order valence-electron chi connectivity index (χ2n) is 7.33. The molecule has 4 aromatic rings. The average Bonchev–Trinajstić information content (AvgIpc) is 3.23. The van der Waals surface area contributed by atoms with Gasteiger partial charge in [-0.2, -0.15) is 0 Å². The smallest absolute Gasteiger partial charge is 0.268 e. The highest BCUT2D eigenvalue weighted by atomic mass is 32.2. The maximum absolute atomic E-state index is 15.3. The van der Waals surface area contributed by atoms with Crippen molar-refractivity contribution < 1.29 is 17.5 Å². The predicted molar refractivity (Wildman–Crippen MR) is 133 cm³/mol. The predicted octanol–water partition coefficient (Wildman–Crippen LogP) is 6.45. The van der Waals surface area contributed by atoms with Crippen molar-refractivity contribution in [2.75, 3.05) is 6.26 Å². The molecule has 0 radical (unpaired) electrons. The Hall–Kier alpha value is -3.36. The summed E-state index contributed by atoms with van der Waals surface area (Å²) in [6.45, 7) is 5.65. The first kappa shape index (κ1) is 22.8. The Kier molecular flexibility index (Phi) is 6.14. The van der Waals surface area contributed by atoms with Crippen molar-refractivity contribution in [2.45, 2.75) is 11.8 Å². The highest BCUT2D eigenvalue weighted by molar-refractivity contribution is 8.13. The van der Waals surface area contributed by atoms with Crippen LogP contribution in [-0.2, 0) is 10.0 Å². The van der Waals surface area contributed by atoms with Gasteiger partial charge in [0.25, 0.3) is 10.0 Å². The van der Waals surface area contributed by atoms with Crippen LogP contribution in [0.1, 0.15) is 16.7 Å². The van der Waals surface area contributed by atoms with Gasteiger partial charge < -0.3 is 4.74 Å². The zero-order valence-corrected chi connectivity index (χ0v) is 19.6. The number of hydrogen-bond acceptors (Lipinski definition) is 5. The van der Waals surface area contributed by atoms with Crippen LogP contribution < -0.4 is 4.74 Å². The van der Waals surface area contributed by atoms with Crippen molar-refractivity contribution in [3.05, 3.63) is 95.9 Å². The molecule has 33 heavy (non-hydrogen) atoms. The van der Waals surface area contributed by atoms with E-state index in [9.17, 15) is 8.42 Å². The van der Waals surface area contributed by atoms with Crippen LogP contribution in [-0.4, -0.2) is 23.7 Å². The van der Waals surface area contributed by atoms with Gasteiger partial charge in [-0.25, -0.2) is 16.8 Å². The molecule has 0 fully saturated rings. The van der Waals surface area contributed by atoms with Gasteiger partial charge in [-0.05, 0) is 43.5 Å². The van der Waals surface area contributed by atoms with Gasteiger partial charge in [0.2, 0.25) is 0 Å². The minimum Gasteiger partial charge on any atom is -0.454 e. The molecule has 0 bridgehead atoms. The number of hydrogen-bond donors (Lipinski definition) is 1. The van der Waals surface area contributed by atoms with E-state index < -0.39 is 15.8 Å². The zero-order chi connectivity index (χ0) is 23.8. The maximum Gasteiger partial charge on any atom is 0.268 e. The summed E-state index contributed by atoms with van der Waals surface area (Å²) >= 11 is 1.29. The number of benzene rings is 3. The van der Waals surface area contributed by atoms with Crippen LogP contribution in [0.2, 0.25) is 0 Å². The molecule has 4 rings (SSSR count). The minimum atomic E-state index is -3.92. The van der Waals surface area contributed by atoms with Crippen LogP contribution in [0.15, 0.2) is 78.3 Å². The first-order valence-electron chi connectivity index (χ1n) is 9.95. The summed E-state index contributed by atoms with van der Waals surface area (Å²) in [7, 11) is -3.92. The second kappa shape index (κ2) is 8.88. The van der Waals surface area contributed by atoms with Gasteiger partial charge in [0.15, 0.2) is 11.6 Å². The molecule has 1 aromatic heterocycles. The third kappa shape index (κ3) is 4.19. The second-order valence-corrected chi connectivity index (χ2v) is 9.96. The van der Waals surface area contributed by atoms with Gasteiger partial charge in [0.1, 0.15) is 5.75 Å². The fourth-order valence-corrected chi connectivity index (χ4v) is 5.21. The van der Waals surface area contributed by atoms with Gasteiger partial charge >= 0.3 is 0 Å². The Labute approximate surface area is 196 Å². The van der Waals surface area contributed by atoms with E-state index in [1.165, 1.54) is 36.2 Å². The molecule has 0 aliphatic rings. The van der Waals surface area contributed by atoms with Crippen molar-refractivity contribution in [1.82, 2.24) is 3.97 Å². The number of rotatable bonds is 6. The van der Waals surface area contributed by atoms with Crippen molar-refractivity contribution in [3.63, 3.8) is 0 Å². The van der Waals surface area contributed by atoms with Gasteiger partial charge in [-0.1, -0.05) is 42.5 Å². The molecule has 0 spiro atoms. The van der Waals surface area contributed by atoms with Crippen molar-refractivity contribution in [1.29, 1.82) is 5.41 Å². The quantitative estimate of drug-likeness (QED) is 0.254. The van der Waals surface area contributed by atoms with E-state index in [1.54, 1.807) is 48.7 Å². The van der Waals surface area contributed by atoms with E-state index in [1.807, 2.05) is 6.92 Å². The van der Waals surface area contributed by atoms with Crippen LogP contribution in [0.25, 0.3) is 17.0 Å². The van der Waals surface area contributed by atoms with E-state index in [0.717, 1.165) is 15.6 Å². The van der Waals surface area contributed by atoms with Gasteiger partial charge in [-0.3, -0.25) is 5.41 Å². The third-order valence-electron chi connectivity index (χ3n) is 5.21. The summed E-state index contributed by atoms with van der Waals surface area (Å²) < 4.78 is 48.6. The lowest BCUT2D eigenvalue weighted by Crippen LogP contribution is -2.12. The Morgan fingerprint density at radius 3 is 2.55 bits per heavy atom. The number of thioether (sulfide) groups is 1. The van der Waals surface area contributed by atoms with Crippen molar-refractivity contribution >= 4 is 43.8 Å². The fraction of sp³-hybridized carbons (Fsp3) is 0.0800. The summed E-state index contributed by atoms with van der Waals surface area (Å²) in [5.74, 6) is -0.419. The maximum atomic E-state index is 15.3. The summed E-state index contributed by atoms with van der Waals surface area (Å²) in [6, 6.07) is 16.1. The van der Waals surface area contributed by atoms with Crippen LogP contribution in [0.5, 0.6) is 11.5 Å². The number of ether oxygens (including phenoxy) is 1.